The second-order valence-electron chi connectivity index (χ2n) is 13.0. The maximum atomic E-state index is 13.3. The van der Waals surface area contributed by atoms with Crippen LogP contribution in [0.5, 0.6) is 0 Å². The van der Waals surface area contributed by atoms with Crippen molar-refractivity contribution in [2.24, 2.45) is 0 Å². The van der Waals surface area contributed by atoms with Gasteiger partial charge in [-0.25, -0.2) is 9.97 Å². The fraction of sp³-hybridized carbons (Fsp3) is 0.395. The van der Waals surface area contributed by atoms with Crippen molar-refractivity contribution in [2.45, 2.75) is 83.9 Å². The van der Waals surface area contributed by atoms with E-state index in [1.165, 1.54) is 13.8 Å². The van der Waals surface area contributed by atoms with Crippen LogP contribution in [0.15, 0.2) is 60.7 Å². The van der Waals surface area contributed by atoms with Crippen LogP contribution >= 0.6 is 0 Å². The Labute approximate surface area is 285 Å². The largest absolute Gasteiger partial charge is 0.391 e. The molecule has 49 heavy (non-hydrogen) atoms. The van der Waals surface area contributed by atoms with Gasteiger partial charge in [-0.3, -0.25) is 14.4 Å². The summed E-state index contributed by atoms with van der Waals surface area (Å²) in [4.78, 5) is 54.9. The summed E-state index contributed by atoms with van der Waals surface area (Å²) in [5.74, 6) is 1.12. The molecule has 2 aromatic heterocycles. The third kappa shape index (κ3) is 7.83. The molecule has 5 aromatic rings. The Morgan fingerprint density at radius 1 is 0.918 bits per heavy atom. The predicted octanol–water partition coefficient (Wildman–Crippen LogP) is 5.56. The van der Waals surface area contributed by atoms with E-state index in [2.05, 4.69) is 75.2 Å². The van der Waals surface area contributed by atoms with Crippen LogP contribution < -0.4 is 10.6 Å². The molecule has 3 aromatic carbocycles. The molecular formula is C38H45N7O4. The molecule has 0 bridgehead atoms. The fourth-order valence-electron chi connectivity index (χ4n) is 6.64. The Morgan fingerprint density at radius 3 is 2.18 bits per heavy atom. The number of H-pyrrole nitrogens is 2. The summed E-state index contributed by atoms with van der Waals surface area (Å²) >= 11 is 0. The van der Waals surface area contributed by atoms with Crippen LogP contribution in [0.3, 0.4) is 0 Å². The standard InChI is InChI=1S/C38H45N7O4/c1-4-8-35(48)39-19-6-5-10-34-41-29-17-15-27(21-31(29)42-34)25-11-13-26(14-12-25)28-16-18-30-32(22-28)44-37(43-30)33-9-7-20-45(33)38(49)36(23(2)46)40-24(3)47/h11-18,21-23,33,36,46H,4-10,19-20H2,1-3H3,(H,39,48)(H,40,47)(H,41,42)(H,43,44). The molecule has 3 atom stereocenters. The van der Waals surface area contributed by atoms with Crippen LogP contribution in [0.1, 0.15) is 77.0 Å². The normalized spacial score (nSPS) is 15.8. The van der Waals surface area contributed by atoms with Crippen molar-refractivity contribution < 1.29 is 19.5 Å². The highest BCUT2D eigenvalue weighted by Gasteiger charge is 2.37. The van der Waals surface area contributed by atoms with E-state index in [1.54, 1.807) is 4.90 Å². The number of imidazole rings is 2. The molecule has 0 aliphatic carbocycles. The number of amides is 3. The Kier molecular flexibility index (Phi) is 10.4. The van der Waals surface area contributed by atoms with Crippen LogP contribution in [-0.4, -0.2) is 72.9 Å². The number of hydrogen-bond donors (Lipinski definition) is 5. The highest BCUT2D eigenvalue weighted by atomic mass is 16.3. The van der Waals surface area contributed by atoms with Crippen molar-refractivity contribution >= 4 is 39.8 Å². The second kappa shape index (κ2) is 15.0. The molecule has 1 aliphatic rings. The number of carbonyl (C=O) groups is 3. The number of unbranched alkanes of at least 4 members (excludes halogenated alkanes) is 1. The molecule has 6 rings (SSSR count). The maximum Gasteiger partial charge on any atom is 0.248 e. The Morgan fingerprint density at radius 2 is 1.55 bits per heavy atom. The van der Waals surface area contributed by atoms with Gasteiger partial charge in [-0.1, -0.05) is 43.3 Å². The zero-order chi connectivity index (χ0) is 34.5. The number of likely N-dealkylation sites (tertiary alicyclic amines) is 1. The number of aliphatic hydroxyl groups excluding tert-OH is 1. The van der Waals surface area contributed by atoms with Gasteiger partial charge in [-0.15, -0.1) is 0 Å². The number of aryl methyl sites for hydroxylation is 1. The molecule has 0 radical (unpaired) electrons. The van der Waals surface area contributed by atoms with Crippen LogP contribution in [0.25, 0.3) is 44.3 Å². The lowest BCUT2D eigenvalue weighted by Gasteiger charge is -2.29. The van der Waals surface area contributed by atoms with Crippen molar-refractivity contribution in [3.05, 3.63) is 72.3 Å². The summed E-state index contributed by atoms with van der Waals surface area (Å²) in [5.41, 5.74) is 7.98. The molecule has 11 nitrogen and oxygen atoms in total. The molecule has 1 aliphatic heterocycles. The summed E-state index contributed by atoms with van der Waals surface area (Å²) in [6, 6.07) is 19.6. The highest BCUT2D eigenvalue weighted by molar-refractivity contribution is 5.88. The van der Waals surface area contributed by atoms with E-state index >= 15 is 0 Å². The smallest absolute Gasteiger partial charge is 0.248 e. The first kappa shape index (κ1) is 33.9. The average molecular weight is 664 g/mol. The summed E-state index contributed by atoms with van der Waals surface area (Å²) < 4.78 is 0. The Bertz CT molecular complexity index is 1940. The number of aromatic nitrogens is 4. The van der Waals surface area contributed by atoms with Gasteiger partial charge in [0.05, 0.1) is 34.2 Å². The van der Waals surface area contributed by atoms with E-state index in [-0.39, 0.29) is 23.8 Å². The van der Waals surface area contributed by atoms with Gasteiger partial charge in [0, 0.05) is 32.9 Å². The number of rotatable bonds is 13. The first-order valence-electron chi connectivity index (χ1n) is 17.3. The van der Waals surface area contributed by atoms with Crippen molar-refractivity contribution in [2.75, 3.05) is 13.1 Å². The van der Waals surface area contributed by atoms with Gasteiger partial charge < -0.3 is 30.6 Å². The zero-order valence-corrected chi connectivity index (χ0v) is 28.4. The first-order chi connectivity index (χ1) is 23.7. The molecule has 1 fully saturated rings. The maximum absolute atomic E-state index is 13.3. The zero-order valence-electron chi connectivity index (χ0n) is 28.4. The minimum atomic E-state index is -1.01. The molecular weight excluding hydrogens is 618 g/mol. The monoisotopic (exact) mass is 663 g/mol. The van der Waals surface area contributed by atoms with Gasteiger partial charge in [0.25, 0.3) is 0 Å². The second-order valence-corrected chi connectivity index (χ2v) is 13.0. The summed E-state index contributed by atoms with van der Waals surface area (Å²) in [6.07, 6.45) is 4.71. The van der Waals surface area contributed by atoms with E-state index in [4.69, 9.17) is 9.97 Å². The summed E-state index contributed by atoms with van der Waals surface area (Å²) in [6.45, 7) is 6.10. The molecule has 3 amide bonds. The van der Waals surface area contributed by atoms with Gasteiger partial charge in [-0.2, -0.15) is 0 Å². The van der Waals surface area contributed by atoms with Gasteiger partial charge in [-0.05, 0) is 85.5 Å². The third-order valence-electron chi connectivity index (χ3n) is 9.18. The molecule has 0 spiro atoms. The van der Waals surface area contributed by atoms with Crippen molar-refractivity contribution in [1.29, 1.82) is 0 Å². The van der Waals surface area contributed by atoms with Gasteiger partial charge in [0.1, 0.15) is 17.7 Å². The van der Waals surface area contributed by atoms with Gasteiger partial charge in [0.15, 0.2) is 0 Å². The van der Waals surface area contributed by atoms with E-state index in [9.17, 15) is 19.5 Å². The summed E-state index contributed by atoms with van der Waals surface area (Å²) in [7, 11) is 0. The first-order valence-corrected chi connectivity index (χ1v) is 17.3. The molecule has 5 N–H and O–H groups in total. The summed E-state index contributed by atoms with van der Waals surface area (Å²) in [5, 5.41) is 15.8. The minimum absolute atomic E-state index is 0.122. The average Bonchev–Trinajstić information content (AvgIpc) is 3.84. The van der Waals surface area contributed by atoms with Gasteiger partial charge >= 0.3 is 0 Å². The molecule has 3 unspecified atom stereocenters. The fourth-order valence-corrected chi connectivity index (χ4v) is 6.64. The number of benzene rings is 3. The number of aromatic amines is 2. The van der Waals surface area contributed by atoms with Crippen LogP contribution in [0, 0.1) is 0 Å². The van der Waals surface area contributed by atoms with E-state index in [1.807, 2.05) is 13.0 Å². The van der Waals surface area contributed by atoms with Crippen molar-refractivity contribution in [1.82, 2.24) is 35.5 Å². The highest BCUT2D eigenvalue weighted by Crippen LogP contribution is 2.34. The lowest BCUT2D eigenvalue weighted by molar-refractivity contribution is -0.139. The predicted molar refractivity (Wildman–Crippen MR) is 190 cm³/mol. The number of carbonyl (C=O) groups excluding carboxylic acids is 3. The third-order valence-corrected chi connectivity index (χ3v) is 9.18. The molecule has 0 saturated carbocycles. The molecule has 256 valence electrons. The van der Waals surface area contributed by atoms with E-state index < -0.39 is 12.1 Å². The number of aliphatic hydroxyl groups is 1. The van der Waals surface area contributed by atoms with Crippen LogP contribution in [-0.2, 0) is 20.8 Å². The molecule has 3 heterocycles. The number of hydrogen-bond acceptors (Lipinski definition) is 6. The number of nitrogens with one attached hydrogen (secondary N) is 4. The quantitative estimate of drug-likeness (QED) is 0.104. The molecule has 11 heteroatoms. The van der Waals surface area contributed by atoms with Crippen molar-refractivity contribution in [3.8, 4) is 22.3 Å². The van der Waals surface area contributed by atoms with E-state index in [0.29, 0.717) is 25.3 Å². The van der Waals surface area contributed by atoms with Crippen LogP contribution in [0.4, 0.5) is 0 Å². The SMILES string of the molecule is CCCC(=O)NCCCCc1nc2ccc(-c3ccc(-c4ccc5nc(C6CCCN6C(=O)C(NC(C)=O)C(C)O)[nH]c5c4)cc3)cc2[nH]1. The topological polar surface area (TPSA) is 156 Å². The Balaban J connectivity index is 1.12. The minimum Gasteiger partial charge on any atom is -0.391 e. The number of nitrogens with zero attached hydrogens (tertiary/aromatic N) is 3. The van der Waals surface area contributed by atoms with E-state index in [0.717, 1.165) is 88.7 Å². The lowest BCUT2D eigenvalue weighted by atomic mass is 10.00. The molecule has 1 saturated heterocycles. The van der Waals surface area contributed by atoms with Crippen LogP contribution in [0.2, 0.25) is 0 Å². The van der Waals surface area contributed by atoms with Gasteiger partial charge in [0.2, 0.25) is 17.7 Å². The Hall–Kier alpha value is -5.03. The lowest BCUT2D eigenvalue weighted by Crippen LogP contribution is -2.53. The van der Waals surface area contributed by atoms with Crippen molar-refractivity contribution in [3.63, 3.8) is 0 Å². The number of fused-ring (bicyclic) bond motifs is 2.